The van der Waals surface area contributed by atoms with Crippen molar-refractivity contribution in [3.63, 3.8) is 0 Å². The summed E-state index contributed by atoms with van der Waals surface area (Å²) < 4.78 is 6.02. The van der Waals surface area contributed by atoms with Gasteiger partial charge in [0.2, 0.25) is 5.91 Å². The topological polar surface area (TPSA) is 131 Å². The maximum absolute atomic E-state index is 13.1. The molecule has 9 heteroatoms. The molecule has 0 heterocycles. The second kappa shape index (κ2) is 14.8. The van der Waals surface area contributed by atoms with Crippen LogP contribution in [0.3, 0.4) is 0 Å². The molecular formula is C33H32ClN3O5. The third kappa shape index (κ3) is 8.92. The Hall–Kier alpha value is -4.66. The lowest BCUT2D eigenvalue weighted by molar-refractivity contribution is -0.139. The van der Waals surface area contributed by atoms with Crippen LogP contribution < -0.4 is 21.1 Å². The SMILES string of the molecule is N[C@@H](Cc1ccc(Cl)cc1)C(=O)Nc1ccc(C(=O)N[C@@H](CCc2ccccc2)C(=O)O)cc1OCc1ccccc1. The molecule has 0 spiro atoms. The van der Waals surface area contributed by atoms with E-state index < -0.39 is 29.9 Å². The van der Waals surface area contributed by atoms with Gasteiger partial charge in [0.15, 0.2) is 0 Å². The van der Waals surface area contributed by atoms with E-state index in [0.29, 0.717) is 23.6 Å². The van der Waals surface area contributed by atoms with Crippen molar-refractivity contribution in [2.75, 3.05) is 5.32 Å². The molecule has 0 aliphatic heterocycles. The highest BCUT2D eigenvalue weighted by Gasteiger charge is 2.22. The molecule has 0 aliphatic rings. The Morgan fingerprint density at radius 3 is 2.12 bits per heavy atom. The number of rotatable bonds is 13. The van der Waals surface area contributed by atoms with Gasteiger partial charge in [0.25, 0.3) is 5.91 Å². The fourth-order valence-electron chi connectivity index (χ4n) is 4.27. The average Bonchev–Trinajstić information content (AvgIpc) is 3.00. The van der Waals surface area contributed by atoms with Crippen LogP contribution in [-0.2, 0) is 29.0 Å². The van der Waals surface area contributed by atoms with Gasteiger partial charge in [-0.2, -0.15) is 0 Å². The zero-order valence-electron chi connectivity index (χ0n) is 22.8. The summed E-state index contributed by atoms with van der Waals surface area (Å²) in [5.74, 6) is -1.89. The summed E-state index contributed by atoms with van der Waals surface area (Å²) in [6.07, 6.45) is 1.01. The van der Waals surface area contributed by atoms with Gasteiger partial charge in [-0.05, 0) is 66.3 Å². The van der Waals surface area contributed by atoms with Crippen LogP contribution in [0.1, 0.15) is 33.5 Å². The number of carboxylic acid groups (broad SMARTS) is 1. The summed E-state index contributed by atoms with van der Waals surface area (Å²) in [7, 11) is 0. The van der Waals surface area contributed by atoms with Crippen molar-refractivity contribution in [2.45, 2.75) is 38.0 Å². The average molecular weight is 586 g/mol. The Balaban J connectivity index is 1.49. The van der Waals surface area contributed by atoms with E-state index in [1.807, 2.05) is 72.8 Å². The normalized spacial score (nSPS) is 12.1. The van der Waals surface area contributed by atoms with Gasteiger partial charge < -0.3 is 26.2 Å². The third-order valence-electron chi connectivity index (χ3n) is 6.61. The molecule has 0 radical (unpaired) electrons. The number of nitrogens with two attached hydrogens (primary N) is 1. The fraction of sp³-hybridized carbons (Fsp3) is 0.182. The van der Waals surface area contributed by atoms with Crippen LogP contribution in [0.5, 0.6) is 5.75 Å². The van der Waals surface area contributed by atoms with Gasteiger partial charge in [0.1, 0.15) is 18.4 Å². The van der Waals surface area contributed by atoms with Crippen molar-refractivity contribution in [1.82, 2.24) is 5.32 Å². The molecule has 5 N–H and O–H groups in total. The van der Waals surface area contributed by atoms with Crippen molar-refractivity contribution in [3.05, 3.63) is 130 Å². The maximum atomic E-state index is 13.1. The summed E-state index contributed by atoms with van der Waals surface area (Å²) in [4.78, 5) is 38.0. The van der Waals surface area contributed by atoms with Gasteiger partial charge in [-0.15, -0.1) is 0 Å². The molecule has 216 valence electrons. The summed E-state index contributed by atoms with van der Waals surface area (Å²) >= 11 is 5.95. The zero-order valence-corrected chi connectivity index (χ0v) is 23.6. The molecular weight excluding hydrogens is 554 g/mol. The number of carboxylic acids is 1. The predicted octanol–water partition coefficient (Wildman–Crippen LogP) is 5.24. The number of halogens is 1. The Kier molecular flexibility index (Phi) is 10.7. The highest BCUT2D eigenvalue weighted by Crippen LogP contribution is 2.28. The first-order valence-corrected chi connectivity index (χ1v) is 13.9. The van der Waals surface area contributed by atoms with Crippen molar-refractivity contribution in [3.8, 4) is 5.75 Å². The number of carbonyl (C=O) groups is 3. The van der Waals surface area contributed by atoms with Gasteiger partial charge in [0, 0.05) is 10.6 Å². The Labute approximate surface area is 249 Å². The smallest absolute Gasteiger partial charge is 0.326 e. The number of aryl methyl sites for hydroxylation is 1. The zero-order chi connectivity index (χ0) is 29.9. The quantitative estimate of drug-likeness (QED) is 0.170. The maximum Gasteiger partial charge on any atom is 0.326 e. The largest absolute Gasteiger partial charge is 0.487 e. The monoisotopic (exact) mass is 585 g/mol. The lowest BCUT2D eigenvalue weighted by atomic mass is 10.0. The van der Waals surface area contributed by atoms with Gasteiger partial charge in [-0.25, -0.2) is 4.79 Å². The van der Waals surface area contributed by atoms with Crippen LogP contribution >= 0.6 is 11.6 Å². The second-order valence-electron chi connectivity index (χ2n) is 9.80. The number of ether oxygens (including phenoxy) is 1. The van der Waals surface area contributed by atoms with Gasteiger partial charge in [-0.1, -0.05) is 84.4 Å². The number of carbonyl (C=O) groups excluding carboxylic acids is 2. The Morgan fingerprint density at radius 2 is 1.48 bits per heavy atom. The highest BCUT2D eigenvalue weighted by molar-refractivity contribution is 6.30. The summed E-state index contributed by atoms with van der Waals surface area (Å²) in [5.41, 5.74) is 9.41. The number of amides is 2. The molecule has 0 bridgehead atoms. The minimum atomic E-state index is -1.13. The van der Waals surface area contributed by atoms with Crippen LogP contribution in [0, 0.1) is 0 Å². The third-order valence-corrected chi connectivity index (χ3v) is 6.86. The second-order valence-corrected chi connectivity index (χ2v) is 10.2. The van der Waals surface area contributed by atoms with E-state index in [0.717, 1.165) is 16.7 Å². The molecule has 4 aromatic rings. The van der Waals surface area contributed by atoms with E-state index >= 15 is 0 Å². The van der Waals surface area contributed by atoms with Crippen LogP contribution in [0.25, 0.3) is 0 Å². The first-order chi connectivity index (χ1) is 20.3. The van der Waals surface area contributed by atoms with Crippen molar-refractivity contribution >= 4 is 35.1 Å². The molecule has 0 unspecified atom stereocenters. The van der Waals surface area contributed by atoms with E-state index in [2.05, 4.69) is 10.6 Å². The van der Waals surface area contributed by atoms with E-state index in [-0.39, 0.29) is 24.3 Å². The number of nitrogens with one attached hydrogen (secondary N) is 2. The van der Waals surface area contributed by atoms with Crippen molar-refractivity contribution in [2.24, 2.45) is 5.73 Å². The Morgan fingerprint density at radius 1 is 0.833 bits per heavy atom. The van der Waals surface area contributed by atoms with Crippen molar-refractivity contribution in [1.29, 1.82) is 0 Å². The predicted molar refractivity (Wildman–Crippen MR) is 163 cm³/mol. The lowest BCUT2D eigenvalue weighted by Gasteiger charge is -2.18. The molecule has 0 saturated heterocycles. The van der Waals surface area contributed by atoms with Crippen LogP contribution in [0.2, 0.25) is 5.02 Å². The fourth-order valence-corrected chi connectivity index (χ4v) is 4.39. The molecule has 2 amide bonds. The summed E-state index contributed by atoms with van der Waals surface area (Å²) in [6.45, 7) is 0.181. The van der Waals surface area contributed by atoms with E-state index in [1.165, 1.54) is 12.1 Å². The number of hydrogen-bond donors (Lipinski definition) is 4. The van der Waals surface area contributed by atoms with Gasteiger partial charge in [-0.3, -0.25) is 9.59 Å². The minimum absolute atomic E-state index is 0.181. The molecule has 0 aliphatic carbocycles. The minimum Gasteiger partial charge on any atom is -0.487 e. The first-order valence-electron chi connectivity index (χ1n) is 13.5. The van der Waals surface area contributed by atoms with Gasteiger partial charge in [0.05, 0.1) is 11.7 Å². The van der Waals surface area contributed by atoms with E-state index in [1.54, 1.807) is 18.2 Å². The first kappa shape index (κ1) is 30.3. The lowest BCUT2D eigenvalue weighted by Crippen LogP contribution is -2.41. The van der Waals surface area contributed by atoms with Crippen LogP contribution in [-0.4, -0.2) is 35.0 Å². The summed E-state index contributed by atoms with van der Waals surface area (Å²) in [6, 6.07) is 28.6. The van der Waals surface area contributed by atoms with Crippen LogP contribution in [0.15, 0.2) is 103 Å². The van der Waals surface area contributed by atoms with Crippen molar-refractivity contribution < 1.29 is 24.2 Å². The molecule has 4 rings (SSSR count). The van der Waals surface area contributed by atoms with Crippen LogP contribution in [0.4, 0.5) is 5.69 Å². The molecule has 0 fully saturated rings. The van der Waals surface area contributed by atoms with Gasteiger partial charge >= 0.3 is 5.97 Å². The molecule has 0 saturated carbocycles. The Bertz CT molecular complexity index is 1500. The molecule has 42 heavy (non-hydrogen) atoms. The molecule has 8 nitrogen and oxygen atoms in total. The molecule has 0 aromatic heterocycles. The summed E-state index contributed by atoms with van der Waals surface area (Å²) in [5, 5.41) is 15.7. The number of benzene rings is 4. The highest BCUT2D eigenvalue weighted by atomic mass is 35.5. The standard InChI is InChI=1S/C33H32ClN3O5/c34-26-15-11-23(12-16-26)19-27(35)32(39)36-28-18-14-25(20-30(28)42-21-24-9-5-2-6-10-24)31(38)37-29(33(40)41)17-13-22-7-3-1-4-8-22/h1-12,14-16,18,20,27,29H,13,17,19,21,35H2,(H,36,39)(H,37,38)(H,40,41)/t27-,29-/m0/s1. The number of hydrogen-bond acceptors (Lipinski definition) is 5. The number of anilines is 1. The molecule has 4 aromatic carbocycles. The van der Waals surface area contributed by atoms with E-state index in [4.69, 9.17) is 22.1 Å². The number of aliphatic carboxylic acids is 1. The molecule has 2 atom stereocenters. The van der Waals surface area contributed by atoms with E-state index in [9.17, 15) is 19.5 Å².